The Labute approximate surface area is 93.3 Å². The number of rotatable bonds is 9. The predicted molar refractivity (Wildman–Crippen MR) is 63.0 cm³/mol. The summed E-state index contributed by atoms with van der Waals surface area (Å²) >= 11 is 0. The fourth-order valence-corrected chi connectivity index (χ4v) is 1.20. The first-order chi connectivity index (χ1) is 7.07. The van der Waals surface area contributed by atoms with Crippen molar-refractivity contribution in [2.24, 2.45) is 0 Å². The van der Waals surface area contributed by atoms with Gasteiger partial charge in [-0.25, -0.2) is 0 Å². The van der Waals surface area contributed by atoms with Crippen LogP contribution in [0.1, 0.15) is 26.7 Å². The molecular weight excluding hydrogens is 192 g/mol. The second kappa shape index (κ2) is 9.09. The molecule has 4 heteroatoms. The molecule has 0 aliphatic heterocycles. The van der Waals surface area contributed by atoms with E-state index >= 15 is 0 Å². The monoisotopic (exact) mass is 218 g/mol. The molecule has 0 aromatic rings. The van der Waals surface area contributed by atoms with Crippen molar-refractivity contribution < 1.29 is 10.2 Å². The lowest BCUT2D eigenvalue weighted by atomic mass is 10.2. The molecule has 0 aliphatic carbocycles. The van der Waals surface area contributed by atoms with Crippen LogP contribution in [0.4, 0.5) is 0 Å². The van der Waals surface area contributed by atoms with E-state index in [4.69, 9.17) is 10.2 Å². The van der Waals surface area contributed by atoms with E-state index in [-0.39, 0.29) is 6.61 Å². The maximum Gasteiger partial charge on any atom is 0.0894 e. The molecule has 0 saturated carbocycles. The molecule has 0 rings (SSSR count). The lowest BCUT2D eigenvalue weighted by Crippen LogP contribution is -2.31. The van der Waals surface area contributed by atoms with Crippen LogP contribution in [0.15, 0.2) is 0 Å². The molecule has 15 heavy (non-hydrogen) atoms. The van der Waals surface area contributed by atoms with Crippen LogP contribution in [0.5, 0.6) is 0 Å². The normalized spacial score (nSPS) is 13.8. The van der Waals surface area contributed by atoms with Gasteiger partial charge in [-0.3, -0.25) is 0 Å². The number of unbranched alkanes of at least 4 members (excludes halogenated alkanes) is 1. The summed E-state index contributed by atoms with van der Waals surface area (Å²) in [6, 6.07) is 0.606. The lowest BCUT2D eigenvalue weighted by Gasteiger charge is -2.20. The molecule has 4 nitrogen and oxygen atoms in total. The highest BCUT2D eigenvalue weighted by molar-refractivity contribution is 4.59. The second-order valence-electron chi connectivity index (χ2n) is 4.32. The summed E-state index contributed by atoms with van der Waals surface area (Å²) in [5.41, 5.74) is 0. The highest BCUT2D eigenvalue weighted by atomic mass is 16.3. The Morgan fingerprint density at radius 3 is 2.47 bits per heavy atom. The Morgan fingerprint density at radius 2 is 1.93 bits per heavy atom. The molecule has 0 radical (unpaired) electrons. The first-order valence-electron chi connectivity index (χ1n) is 5.77. The van der Waals surface area contributed by atoms with Crippen molar-refractivity contribution in [2.75, 3.05) is 33.3 Å². The van der Waals surface area contributed by atoms with Crippen molar-refractivity contribution in [3.63, 3.8) is 0 Å². The molecule has 0 amide bonds. The van der Waals surface area contributed by atoms with Gasteiger partial charge >= 0.3 is 0 Å². The largest absolute Gasteiger partial charge is 0.394 e. The van der Waals surface area contributed by atoms with Crippen molar-refractivity contribution in [2.45, 2.75) is 38.8 Å². The van der Waals surface area contributed by atoms with Gasteiger partial charge in [0.15, 0.2) is 0 Å². The minimum atomic E-state index is -0.622. The fourth-order valence-electron chi connectivity index (χ4n) is 1.20. The number of aliphatic hydroxyl groups excluding tert-OH is 2. The summed E-state index contributed by atoms with van der Waals surface area (Å²) in [5.74, 6) is 0. The molecule has 0 saturated heterocycles. The van der Waals surface area contributed by atoms with Crippen LogP contribution >= 0.6 is 0 Å². The van der Waals surface area contributed by atoms with E-state index in [1.807, 2.05) is 0 Å². The molecule has 0 heterocycles. The van der Waals surface area contributed by atoms with Crippen molar-refractivity contribution in [3.8, 4) is 0 Å². The molecule has 1 atom stereocenters. The highest BCUT2D eigenvalue weighted by Gasteiger charge is 2.02. The summed E-state index contributed by atoms with van der Waals surface area (Å²) in [7, 11) is 2.13. The number of nitrogens with zero attached hydrogens (tertiary/aromatic N) is 1. The lowest BCUT2D eigenvalue weighted by molar-refractivity contribution is 0.0944. The molecule has 0 aliphatic rings. The average molecular weight is 218 g/mol. The van der Waals surface area contributed by atoms with Crippen LogP contribution in [-0.2, 0) is 0 Å². The highest BCUT2D eigenvalue weighted by Crippen LogP contribution is 1.97. The summed E-state index contributed by atoms with van der Waals surface area (Å²) in [6.07, 6.45) is 1.65. The molecule has 0 aromatic heterocycles. The minimum absolute atomic E-state index is 0.164. The van der Waals surface area contributed by atoms with Gasteiger partial charge in [0.2, 0.25) is 0 Å². The number of hydrogen-bond acceptors (Lipinski definition) is 4. The van der Waals surface area contributed by atoms with Crippen molar-refractivity contribution in [1.82, 2.24) is 10.2 Å². The van der Waals surface area contributed by atoms with Gasteiger partial charge in [0.05, 0.1) is 12.7 Å². The third kappa shape index (κ3) is 8.81. The molecule has 0 fully saturated rings. The summed E-state index contributed by atoms with van der Waals surface area (Å²) in [5, 5.41) is 20.7. The van der Waals surface area contributed by atoms with Gasteiger partial charge in [-0.15, -0.1) is 0 Å². The number of hydrogen-bond donors (Lipinski definition) is 3. The Morgan fingerprint density at radius 1 is 1.27 bits per heavy atom. The zero-order valence-corrected chi connectivity index (χ0v) is 10.2. The maximum atomic E-state index is 9.05. The van der Waals surface area contributed by atoms with Crippen molar-refractivity contribution in [3.05, 3.63) is 0 Å². The summed E-state index contributed by atoms with van der Waals surface area (Å²) < 4.78 is 0. The van der Waals surface area contributed by atoms with Crippen LogP contribution in [-0.4, -0.2) is 60.5 Å². The number of nitrogens with one attached hydrogen (secondary N) is 1. The SMILES string of the molecule is CC(C)N(C)CCCCNC[C@H](O)CO. The Kier molecular flexibility index (Phi) is 9.00. The van der Waals surface area contributed by atoms with E-state index < -0.39 is 6.10 Å². The Bertz CT molecular complexity index is 143. The van der Waals surface area contributed by atoms with Gasteiger partial charge in [0.25, 0.3) is 0 Å². The van der Waals surface area contributed by atoms with Crippen LogP contribution in [0.2, 0.25) is 0 Å². The minimum Gasteiger partial charge on any atom is -0.394 e. The van der Waals surface area contributed by atoms with Crippen LogP contribution in [0.25, 0.3) is 0 Å². The van der Waals surface area contributed by atoms with Gasteiger partial charge in [0.1, 0.15) is 0 Å². The first-order valence-corrected chi connectivity index (χ1v) is 5.77. The van der Waals surface area contributed by atoms with E-state index in [2.05, 4.69) is 31.1 Å². The Balaban J connectivity index is 3.18. The maximum absolute atomic E-state index is 9.05. The van der Waals surface area contributed by atoms with Gasteiger partial charge in [0, 0.05) is 12.6 Å². The van der Waals surface area contributed by atoms with Crippen LogP contribution < -0.4 is 5.32 Å². The standard InChI is InChI=1S/C11H26N2O2/c1-10(2)13(3)7-5-4-6-12-8-11(15)9-14/h10-12,14-15H,4-9H2,1-3H3/t11-/m0/s1. The van der Waals surface area contributed by atoms with Crippen molar-refractivity contribution in [1.29, 1.82) is 0 Å². The molecule has 92 valence electrons. The van der Waals surface area contributed by atoms with Crippen LogP contribution in [0, 0.1) is 0 Å². The molecule has 0 aromatic carbocycles. The molecular formula is C11H26N2O2. The number of aliphatic hydroxyl groups is 2. The zero-order valence-electron chi connectivity index (χ0n) is 10.2. The van der Waals surface area contributed by atoms with E-state index in [1.165, 1.54) is 0 Å². The van der Waals surface area contributed by atoms with Crippen molar-refractivity contribution >= 4 is 0 Å². The molecule has 0 unspecified atom stereocenters. The Hall–Kier alpha value is -0.160. The summed E-state index contributed by atoms with van der Waals surface area (Å²) in [4.78, 5) is 2.32. The van der Waals surface area contributed by atoms with Crippen LogP contribution in [0.3, 0.4) is 0 Å². The topological polar surface area (TPSA) is 55.7 Å². The molecule has 0 bridgehead atoms. The molecule has 3 N–H and O–H groups in total. The van der Waals surface area contributed by atoms with E-state index in [0.717, 1.165) is 25.9 Å². The van der Waals surface area contributed by atoms with Gasteiger partial charge in [-0.05, 0) is 46.8 Å². The smallest absolute Gasteiger partial charge is 0.0894 e. The quantitative estimate of drug-likeness (QED) is 0.479. The van der Waals surface area contributed by atoms with E-state index in [1.54, 1.807) is 0 Å². The third-order valence-corrected chi connectivity index (χ3v) is 2.59. The summed E-state index contributed by atoms with van der Waals surface area (Å²) in [6.45, 7) is 6.72. The van der Waals surface area contributed by atoms with E-state index in [0.29, 0.717) is 12.6 Å². The fraction of sp³-hybridized carbons (Fsp3) is 1.00. The van der Waals surface area contributed by atoms with Gasteiger partial charge < -0.3 is 20.4 Å². The van der Waals surface area contributed by atoms with Gasteiger partial charge in [-0.2, -0.15) is 0 Å². The first kappa shape index (κ1) is 14.8. The predicted octanol–water partition coefficient (Wildman–Crippen LogP) is 0.0496. The zero-order chi connectivity index (χ0) is 11.7. The van der Waals surface area contributed by atoms with E-state index in [9.17, 15) is 0 Å². The third-order valence-electron chi connectivity index (χ3n) is 2.59. The second-order valence-corrected chi connectivity index (χ2v) is 4.32. The molecule has 0 spiro atoms. The van der Waals surface area contributed by atoms with Gasteiger partial charge in [-0.1, -0.05) is 0 Å². The average Bonchev–Trinajstić information content (AvgIpc) is 2.22.